The van der Waals surface area contributed by atoms with Crippen molar-refractivity contribution >= 4 is 23.9 Å². The maximum atomic E-state index is 12.6. The summed E-state index contributed by atoms with van der Waals surface area (Å²) in [6.45, 7) is 9.49. The molecule has 10 nitrogen and oxygen atoms in total. The lowest BCUT2D eigenvalue weighted by atomic mass is 9.91. The van der Waals surface area contributed by atoms with Crippen LogP contribution in [0.15, 0.2) is 24.3 Å². The van der Waals surface area contributed by atoms with Gasteiger partial charge in [0.15, 0.2) is 5.79 Å². The number of rotatable bonds is 34. The van der Waals surface area contributed by atoms with E-state index in [4.69, 9.17) is 28.4 Å². The predicted octanol–water partition coefficient (Wildman–Crippen LogP) is 10.4. The summed E-state index contributed by atoms with van der Waals surface area (Å²) in [5, 5.41) is 0. The monoisotopic (exact) mass is 765 g/mol. The van der Waals surface area contributed by atoms with Crippen LogP contribution in [-0.4, -0.2) is 69.3 Å². The van der Waals surface area contributed by atoms with E-state index in [0.717, 1.165) is 77.0 Å². The third-order valence-corrected chi connectivity index (χ3v) is 9.43. The van der Waals surface area contributed by atoms with Gasteiger partial charge in [-0.1, -0.05) is 102 Å². The second-order valence-electron chi connectivity index (χ2n) is 15.3. The Labute approximate surface area is 327 Å². The Morgan fingerprint density at radius 2 is 0.796 bits per heavy atom. The smallest absolute Gasteiger partial charge is 0.305 e. The molecule has 0 N–H and O–H groups in total. The molecule has 0 aromatic carbocycles. The van der Waals surface area contributed by atoms with Gasteiger partial charge in [0.05, 0.1) is 31.8 Å². The molecule has 0 unspecified atom stereocenters. The summed E-state index contributed by atoms with van der Waals surface area (Å²) in [6.07, 6.45) is 29.4. The summed E-state index contributed by atoms with van der Waals surface area (Å²) >= 11 is 0. The third-order valence-electron chi connectivity index (χ3n) is 9.43. The third kappa shape index (κ3) is 28.7. The molecule has 1 saturated heterocycles. The molecule has 0 aliphatic carbocycles. The zero-order valence-corrected chi connectivity index (χ0v) is 34.6. The van der Waals surface area contributed by atoms with Crippen molar-refractivity contribution in [2.24, 2.45) is 5.41 Å². The van der Waals surface area contributed by atoms with Gasteiger partial charge in [0.1, 0.15) is 13.2 Å². The van der Waals surface area contributed by atoms with E-state index in [0.29, 0.717) is 51.7 Å². The fraction of sp³-hybridized carbons (Fsp3) is 0.818. The molecule has 1 aliphatic heterocycles. The van der Waals surface area contributed by atoms with E-state index in [-0.39, 0.29) is 50.3 Å². The average Bonchev–Trinajstić information content (AvgIpc) is 3.15. The Morgan fingerprint density at radius 1 is 0.463 bits per heavy atom. The molecule has 0 radical (unpaired) electrons. The Bertz CT molecular complexity index is 970. The standard InChI is InChI=1S/C44H76O10/c1-5-7-9-11-13-21-27-33-49-39(45)29-23-17-15-19-25-31-41(47)51-35-44(37-53-43(3,4)54-38-44)36-52-42(48)32-26-20-16-18-24-30-40(46)50-34-28-22-14-12-10-8-6-2/h13-14,21-22H,5-12,15-20,23-38H2,1-4H3/b21-13-,22-14-. The molecule has 0 spiro atoms. The van der Waals surface area contributed by atoms with Crippen LogP contribution in [-0.2, 0) is 47.6 Å². The zero-order valence-electron chi connectivity index (χ0n) is 34.6. The van der Waals surface area contributed by atoms with Gasteiger partial charge < -0.3 is 28.4 Å². The molecule has 312 valence electrons. The van der Waals surface area contributed by atoms with Crippen LogP contribution >= 0.6 is 0 Å². The molecule has 1 fully saturated rings. The van der Waals surface area contributed by atoms with Gasteiger partial charge in [-0.05, 0) is 78.1 Å². The summed E-state index contributed by atoms with van der Waals surface area (Å²) in [7, 11) is 0. The van der Waals surface area contributed by atoms with E-state index in [1.54, 1.807) is 0 Å². The Balaban J connectivity index is 2.17. The van der Waals surface area contributed by atoms with E-state index in [1.807, 2.05) is 13.8 Å². The number of hydrogen-bond acceptors (Lipinski definition) is 10. The maximum Gasteiger partial charge on any atom is 0.305 e. The number of hydrogen-bond donors (Lipinski definition) is 0. The maximum absolute atomic E-state index is 12.6. The number of carbonyl (C=O) groups is 4. The highest BCUT2D eigenvalue weighted by molar-refractivity contribution is 5.70. The van der Waals surface area contributed by atoms with Crippen molar-refractivity contribution in [2.75, 3.05) is 39.6 Å². The zero-order chi connectivity index (χ0) is 39.6. The molecule has 0 aromatic heterocycles. The van der Waals surface area contributed by atoms with Gasteiger partial charge in [-0.3, -0.25) is 19.2 Å². The molecule has 10 heteroatoms. The van der Waals surface area contributed by atoms with Gasteiger partial charge in [0.2, 0.25) is 0 Å². The first-order valence-electron chi connectivity index (χ1n) is 21.3. The van der Waals surface area contributed by atoms with Crippen molar-refractivity contribution < 1.29 is 47.6 Å². The summed E-state index contributed by atoms with van der Waals surface area (Å²) < 4.78 is 33.6. The van der Waals surface area contributed by atoms with Crippen LogP contribution in [0.3, 0.4) is 0 Å². The second-order valence-corrected chi connectivity index (χ2v) is 15.3. The first-order chi connectivity index (χ1) is 26.1. The molecule has 0 atom stereocenters. The van der Waals surface area contributed by atoms with Crippen LogP contribution in [0, 0.1) is 5.41 Å². The van der Waals surface area contributed by atoms with Gasteiger partial charge in [0, 0.05) is 25.7 Å². The average molecular weight is 765 g/mol. The summed E-state index contributed by atoms with van der Waals surface area (Å²) in [5.41, 5.74) is -0.764. The van der Waals surface area contributed by atoms with Crippen molar-refractivity contribution in [2.45, 2.75) is 188 Å². The quantitative estimate of drug-likeness (QED) is 0.0271. The highest BCUT2D eigenvalue weighted by Crippen LogP contribution is 2.31. The Kier molecular flexibility index (Phi) is 29.7. The van der Waals surface area contributed by atoms with Crippen molar-refractivity contribution in [3.63, 3.8) is 0 Å². The minimum absolute atomic E-state index is 0.0458. The van der Waals surface area contributed by atoms with E-state index in [9.17, 15) is 19.2 Å². The normalized spacial score (nSPS) is 15.0. The van der Waals surface area contributed by atoms with Gasteiger partial charge in [0.25, 0.3) is 0 Å². The predicted molar refractivity (Wildman–Crippen MR) is 213 cm³/mol. The van der Waals surface area contributed by atoms with Crippen LogP contribution < -0.4 is 0 Å². The molecule has 0 saturated carbocycles. The fourth-order valence-corrected chi connectivity index (χ4v) is 5.82. The Hall–Kier alpha value is -2.72. The van der Waals surface area contributed by atoms with Crippen molar-refractivity contribution in [1.29, 1.82) is 0 Å². The fourth-order valence-electron chi connectivity index (χ4n) is 5.82. The lowest BCUT2D eigenvalue weighted by Gasteiger charge is -2.42. The lowest BCUT2D eigenvalue weighted by molar-refractivity contribution is -0.296. The second kappa shape index (κ2) is 32.5. The van der Waals surface area contributed by atoms with Crippen LogP contribution in [0.5, 0.6) is 0 Å². The minimum Gasteiger partial charge on any atom is -0.465 e. The van der Waals surface area contributed by atoms with E-state index >= 15 is 0 Å². The van der Waals surface area contributed by atoms with Crippen LogP contribution in [0.1, 0.15) is 182 Å². The molecule has 0 bridgehead atoms. The molecule has 1 aliphatic rings. The molecule has 54 heavy (non-hydrogen) atoms. The van der Waals surface area contributed by atoms with E-state index in [2.05, 4.69) is 38.2 Å². The lowest BCUT2D eigenvalue weighted by Crippen LogP contribution is -2.51. The Morgan fingerprint density at radius 3 is 1.17 bits per heavy atom. The van der Waals surface area contributed by atoms with E-state index in [1.165, 1.54) is 38.5 Å². The molecular formula is C44H76O10. The minimum atomic E-state index is -0.764. The van der Waals surface area contributed by atoms with Gasteiger partial charge in [-0.15, -0.1) is 0 Å². The highest BCUT2D eigenvalue weighted by atomic mass is 16.7. The number of unbranched alkanes of at least 4 members (excludes halogenated alkanes) is 14. The van der Waals surface area contributed by atoms with Crippen LogP contribution in [0.25, 0.3) is 0 Å². The number of ether oxygens (including phenoxy) is 6. The van der Waals surface area contributed by atoms with Crippen molar-refractivity contribution in [1.82, 2.24) is 0 Å². The molecule has 0 aromatic rings. The summed E-state index contributed by atoms with van der Waals surface area (Å²) in [6, 6.07) is 0. The molecule has 1 rings (SSSR count). The SMILES string of the molecule is CCCCC/C=C\CCOC(=O)CCCCCCCC(=O)OCC1(COC(=O)CCCCCCCC(=O)OCC/C=C\CCCCC)COC(C)(C)OC1. The van der Waals surface area contributed by atoms with Crippen LogP contribution in [0.4, 0.5) is 0 Å². The number of carbonyl (C=O) groups excluding carboxylic acids is 4. The van der Waals surface area contributed by atoms with Crippen molar-refractivity contribution in [3.05, 3.63) is 24.3 Å². The van der Waals surface area contributed by atoms with E-state index < -0.39 is 11.2 Å². The van der Waals surface area contributed by atoms with Gasteiger partial charge in [-0.2, -0.15) is 0 Å². The highest BCUT2D eigenvalue weighted by Gasteiger charge is 2.42. The van der Waals surface area contributed by atoms with Gasteiger partial charge >= 0.3 is 23.9 Å². The number of allylic oxidation sites excluding steroid dienone is 2. The molecular weight excluding hydrogens is 688 g/mol. The van der Waals surface area contributed by atoms with Crippen molar-refractivity contribution in [3.8, 4) is 0 Å². The largest absolute Gasteiger partial charge is 0.465 e. The van der Waals surface area contributed by atoms with Crippen LogP contribution in [0.2, 0.25) is 0 Å². The van der Waals surface area contributed by atoms with Gasteiger partial charge in [-0.25, -0.2) is 0 Å². The molecule has 1 heterocycles. The first kappa shape index (κ1) is 49.3. The summed E-state index contributed by atoms with van der Waals surface area (Å²) in [4.78, 5) is 49.0. The summed E-state index contributed by atoms with van der Waals surface area (Å²) in [5.74, 6) is -1.65. The molecule has 0 amide bonds. The topological polar surface area (TPSA) is 124 Å². The first-order valence-corrected chi connectivity index (χ1v) is 21.3. The number of esters is 4.